The van der Waals surface area contributed by atoms with Crippen molar-refractivity contribution in [3.05, 3.63) is 51.9 Å². The minimum atomic E-state index is -0.505. The van der Waals surface area contributed by atoms with Gasteiger partial charge in [0.25, 0.3) is 0 Å². The van der Waals surface area contributed by atoms with Gasteiger partial charge in [0.2, 0.25) is 0 Å². The van der Waals surface area contributed by atoms with Gasteiger partial charge in [-0.15, -0.1) is 11.3 Å². The number of carbonyl (C=O) groups excluding carboxylic acids is 2. The lowest BCUT2D eigenvalue weighted by molar-refractivity contribution is 0.0388. The summed E-state index contributed by atoms with van der Waals surface area (Å²) >= 11 is 1.30. The van der Waals surface area contributed by atoms with Crippen LogP contribution in [0.1, 0.15) is 25.8 Å². The molecular formula is C18H16O6S. The smallest absolute Gasteiger partial charge is 0.353 e. The van der Waals surface area contributed by atoms with Gasteiger partial charge in [0.05, 0.1) is 6.61 Å². The van der Waals surface area contributed by atoms with E-state index in [1.165, 1.54) is 18.4 Å². The van der Waals surface area contributed by atoms with Crippen molar-refractivity contribution in [2.24, 2.45) is 0 Å². The Hall–Kier alpha value is -2.64. The number of rotatable bonds is 6. The molecule has 0 spiro atoms. The maximum absolute atomic E-state index is 12.3. The second-order valence-corrected chi connectivity index (χ2v) is 6.13. The number of benzene rings is 1. The zero-order valence-electron chi connectivity index (χ0n) is 13.7. The molecule has 0 amide bonds. The summed E-state index contributed by atoms with van der Waals surface area (Å²) in [6.07, 6.45) is 0. The third-order valence-electron chi connectivity index (χ3n) is 3.49. The minimum Gasteiger partial charge on any atom is -0.460 e. The van der Waals surface area contributed by atoms with Gasteiger partial charge < -0.3 is 18.6 Å². The highest BCUT2D eigenvalue weighted by Gasteiger charge is 2.21. The first-order valence-corrected chi connectivity index (χ1v) is 8.43. The molecule has 0 aliphatic heterocycles. The van der Waals surface area contributed by atoms with Crippen molar-refractivity contribution >= 4 is 34.2 Å². The molecule has 0 radical (unpaired) electrons. The predicted molar refractivity (Wildman–Crippen MR) is 92.4 cm³/mol. The fourth-order valence-electron chi connectivity index (χ4n) is 2.36. The Morgan fingerprint density at radius 2 is 2.00 bits per heavy atom. The van der Waals surface area contributed by atoms with E-state index in [0.29, 0.717) is 39.5 Å². The molecule has 3 rings (SSSR count). The molecule has 2 aromatic heterocycles. The SMILES string of the molecule is COCCOC(=O)c1c(C)oc2ccc(OC(=O)c3cccs3)cc12. The summed E-state index contributed by atoms with van der Waals surface area (Å²) < 4.78 is 21.0. The summed E-state index contributed by atoms with van der Waals surface area (Å²) in [5.41, 5.74) is 0.840. The van der Waals surface area contributed by atoms with Crippen LogP contribution in [0.5, 0.6) is 5.75 Å². The van der Waals surface area contributed by atoms with E-state index in [1.54, 1.807) is 42.6 Å². The third kappa shape index (κ3) is 3.72. The number of fused-ring (bicyclic) bond motifs is 1. The number of esters is 2. The van der Waals surface area contributed by atoms with Crippen LogP contribution in [0.3, 0.4) is 0 Å². The molecule has 0 fully saturated rings. The maximum atomic E-state index is 12.3. The molecule has 1 aromatic carbocycles. The summed E-state index contributed by atoms with van der Waals surface area (Å²) in [6.45, 7) is 2.14. The fourth-order valence-corrected chi connectivity index (χ4v) is 2.96. The lowest BCUT2D eigenvalue weighted by Gasteiger charge is -2.05. The van der Waals surface area contributed by atoms with Crippen LogP contribution in [0, 0.1) is 6.92 Å². The van der Waals surface area contributed by atoms with E-state index < -0.39 is 11.9 Å². The van der Waals surface area contributed by atoms with Gasteiger partial charge in [0, 0.05) is 12.5 Å². The molecule has 0 bridgehead atoms. The Kier molecular flexibility index (Phi) is 5.16. The van der Waals surface area contributed by atoms with Gasteiger partial charge in [-0.05, 0) is 36.6 Å². The minimum absolute atomic E-state index is 0.147. The van der Waals surface area contributed by atoms with Crippen LogP contribution in [-0.2, 0) is 9.47 Å². The predicted octanol–water partition coefficient (Wildman–Crippen LogP) is 3.83. The monoisotopic (exact) mass is 360 g/mol. The summed E-state index contributed by atoms with van der Waals surface area (Å²) in [5.74, 6) is -0.175. The number of carbonyl (C=O) groups is 2. The van der Waals surface area contributed by atoms with Gasteiger partial charge in [-0.1, -0.05) is 6.07 Å². The van der Waals surface area contributed by atoms with Crippen LogP contribution in [-0.4, -0.2) is 32.3 Å². The number of hydrogen-bond donors (Lipinski definition) is 0. The molecule has 3 aromatic rings. The molecule has 130 valence electrons. The van der Waals surface area contributed by atoms with Crippen molar-refractivity contribution in [1.82, 2.24) is 0 Å². The van der Waals surface area contributed by atoms with Gasteiger partial charge in [0.15, 0.2) is 0 Å². The number of ether oxygens (including phenoxy) is 3. The van der Waals surface area contributed by atoms with Crippen LogP contribution in [0.2, 0.25) is 0 Å². The molecule has 0 aliphatic rings. The summed E-state index contributed by atoms with van der Waals surface area (Å²) in [4.78, 5) is 24.9. The van der Waals surface area contributed by atoms with E-state index in [9.17, 15) is 9.59 Å². The van der Waals surface area contributed by atoms with E-state index >= 15 is 0 Å². The topological polar surface area (TPSA) is 75.0 Å². The van der Waals surface area contributed by atoms with E-state index in [4.69, 9.17) is 18.6 Å². The molecular weight excluding hydrogens is 344 g/mol. The second kappa shape index (κ2) is 7.50. The molecule has 0 aliphatic carbocycles. The number of aryl methyl sites for hydroxylation is 1. The normalized spacial score (nSPS) is 10.8. The van der Waals surface area contributed by atoms with Crippen molar-refractivity contribution in [3.63, 3.8) is 0 Å². The molecule has 0 unspecified atom stereocenters. The van der Waals surface area contributed by atoms with Crippen LogP contribution >= 0.6 is 11.3 Å². The quantitative estimate of drug-likeness (QED) is 0.378. The van der Waals surface area contributed by atoms with Crippen LogP contribution < -0.4 is 4.74 Å². The Balaban J connectivity index is 1.87. The first-order chi connectivity index (χ1) is 12.1. The molecule has 0 saturated carbocycles. The van der Waals surface area contributed by atoms with Crippen molar-refractivity contribution < 1.29 is 28.2 Å². The van der Waals surface area contributed by atoms with Crippen LogP contribution in [0.15, 0.2) is 40.1 Å². The molecule has 0 saturated heterocycles. The molecule has 2 heterocycles. The van der Waals surface area contributed by atoms with Crippen LogP contribution in [0.4, 0.5) is 0 Å². The summed E-state index contributed by atoms with van der Waals surface area (Å²) in [6, 6.07) is 8.34. The number of thiophene rings is 1. The molecule has 0 N–H and O–H groups in total. The van der Waals surface area contributed by atoms with Gasteiger partial charge >= 0.3 is 11.9 Å². The van der Waals surface area contributed by atoms with E-state index in [2.05, 4.69) is 0 Å². The average molecular weight is 360 g/mol. The van der Waals surface area contributed by atoms with Crippen molar-refractivity contribution in [2.45, 2.75) is 6.92 Å². The summed E-state index contributed by atoms with van der Waals surface area (Å²) in [5, 5.41) is 2.34. The van der Waals surface area contributed by atoms with Gasteiger partial charge in [0.1, 0.15) is 34.1 Å². The Bertz CT molecular complexity index is 894. The molecule has 7 heteroatoms. The van der Waals surface area contributed by atoms with Crippen molar-refractivity contribution in [2.75, 3.05) is 20.3 Å². The number of furan rings is 1. The number of methoxy groups -OCH3 is 1. The van der Waals surface area contributed by atoms with Gasteiger partial charge in [-0.25, -0.2) is 9.59 Å². The average Bonchev–Trinajstić information content (AvgIpc) is 3.22. The molecule has 6 nitrogen and oxygen atoms in total. The Morgan fingerprint density at radius 1 is 1.16 bits per heavy atom. The lowest BCUT2D eigenvalue weighted by Crippen LogP contribution is -2.10. The zero-order chi connectivity index (χ0) is 17.8. The number of hydrogen-bond acceptors (Lipinski definition) is 7. The Morgan fingerprint density at radius 3 is 2.72 bits per heavy atom. The van der Waals surface area contributed by atoms with E-state index in [-0.39, 0.29) is 6.61 Å². The maximum Gasteiger partial charge on any atom is 0.353 e. The molecule has 25 heavy (non-hydrogen) atoms. The molecule has 0 atom stereocenters. The van der Waals surface area contributed by atoms with E-state index in [1.807, 2.05) is 0 Å². The highest BCUT2D eigenvalue weighted by atomic mass is 32.1. The summed E-state index contributed by atoms with van der Waals surface area (Å²) in [7, 11) is 1.53. The van der Waals surface area contributed by atoms with Crippen LogP contribution in [0.25, 0.3) is 11.0 Å². The first-order valence-electron chi connectivity index (χ1n) is 7.55. The van der Waals surface area contributed by atoms with E-state index in [0.717, 1.165) is 0 Å². The van der Waals surface area contributed by atoms with Crippen molar-refractivity contribution in [1.29, 1.82) is 0 Å². The third-order valence-corrected chi connectivity index (χ3v) is 4.34. The second-order valence-electron chi connectivity index (χ2n) is 5.19. The lowest BCUT2D eigenvalue weighted by atomic mass is 10.1. The van der Waals surface area contributed by atoms with Gasteiger partial charge in [-0.3, -0.25) is 0 Å². The zero-order valence-corrected chi connectivity index (χ0v) is 14.6. The van der Waals surface area contributed by atoms with Crippen molar-refractivity contribution in [3.8, 4) is 5.75 Å². The Labute approximate surface area is 147 Å². The largest absolute Gasteiger partial charge is 0.460 e. The van der Waals surface area contributed by atoms with Gasteiger partial charge in [-0.2, -0.15) is 0 Å². The fraction of sp³-hybridized carbons (Fsp3) is 0.222. The highest BCUT2D eigenvalue weighted by Crippen LogP contribution is 2.30. The highest BCUT2D eigenvalue weighted by molar-refractivity contribution is 7.12. The first kappa shape index (κ1) is 17.2. The standard InChI is InChI=1S/C18H16O6S/c1-11-16(18(20)22-8-7-21-2)13-10-12(5-6-14(13)23-11)24-17(19)15-4-3-9-25-15/h3-6,9-10H,7-8H2,1-2H3.